The van der Waals surface area contributed by atoms with E-state index in [-0.39, 0.29) is 39.5 Å². The first-order valence-corrected chi connectivity index (χ1v) is 11.2. The maximum atomic E-state index is 13.4. The first kappa shape index (κ1) is 25.0. The van der Waals surface area contributed by atoms with Gasteiger partial charge in [0.2, 0.25) is 0 Å². The molecule has 1 heterocycles. The molecule has 0 saturated carbocycles. The number of fused-ring (bicyclic) bond motifs is 1. The zero-order valence-corrected chi connectivity index (χ0v) is 20.3. The lowest BCUT2D eigenvalue weighted by molar-refractivity contribution is -0.139. The highest BCUT2D eigenvalue weighted by Gasteiger charge is 2.44. The molecule has 3 aromatic rings. The quantitative estimate of drug-likeness (QED) is 0.504. The number of methoxy groups -OCH3 is 2. The fourth-order valence-corrected chi connectivity index (χ4v) is 4.69. The van der Waals surface area contributed by atoms with Crippen molar-refractivity contribution in [1.29, 1.82) is 5.26 Å². The van der Waals surface area contributed by atoms with E-state index in [4.69, 9.17) is 15.2 Å². The molecule has 1 unspecified atom stereocenters. The van der Waals surface area contributed by atoms with Crippen LogP contribution in [0.15, 0.2) is 83.3 Å². The second-order valence-electron chi connectivity index (χ2n) is 8.26. The van der Waals surface area contributed by atoms with Gasteiger partial charge in [0.05, 0.1) is 48.6 Å². The number of ether oxygens (including phenoxy) is 2. The number of carboxylic acids is 1. The first-order chi connectivity index (χ1) is 17.8. The number of allylic oxidation sites excluding steroid dienone is 1. The summed E-state index contributed by atoms with van der Waals surface area (Å²) in [6, 6.07) is 19.2. The third-order valence-electron chi connectivity index (χ3n) is 6.34. The lowest BCUT2D eigenvalue weighted by Gasteiger charge is -2.37. The molecule has 0 aromatic heterocycles. The van der Waals surface area contributed by atoms with Crippen LogP contribution < -0.4 is 10.6 Å². The van der Waals surface area contributed by atoms with Crippen LogP contribution in [-0.4, -0.2) is 37.2 Å². The van der Waals surface area contributed by atoms with Crippen molar-refractivity contribution in [2.45, 2.75) is 12.8 Å². The fourth-order valence-electron chi connectivity index (χ4n) is 4.69. The molecular formula is C28H23N3O6. The average Bonchev–Trinajstić information content (AvgIpc) is 2.91. The van der Waals surface area contributed by atoms with Crippen LogP contribution in [0.1, 0.15) is 27.4 Å². The second kappa shape index (κ2) is 9.87. The minimum absolute atomic E-state index is 0.0107. The molecule has 186 valence electrons. The van der Waals surface area contributed by atoms with Crippen LogP contribution >= 0.6 is 0 Å². The number of nitrogens with two attached hydrogens (primary N) is 1. The highest BCUT2D eigenvalue weighted by molar-refractivity contribution is 6.11. The second-order valence-corrected chi connectivity index (χ2v) is 8.26. The Balaban J connectivity index is 2.21. The number of esters is 2. The molecule has 0 fully saturated rings. The highest BCUT2D eigenvalue weighted by Crippen LogP contribution is 2.46. The topological polar surface area (TPSA) is 143 Å². The van der Waals surface area contributed by atoms with E-state index >= 15 is 0 Å². The van der Waals surface area contributed by atoms with Crippen molar-refractivity contribution in [2.24, 2.45) is 5.73 Å². The molecular weight excluding hydrogens is 474 g/mol. The number of hydrogen-bond donors (Lipinski definition) is 2. The van der Waals surface area contributed by atoms with Gasteiger partial charge in [-0.1, -0.05) is 54.6 Å². The lowest BCUT2D eigenvalue weighted by Crippen LogP contribution is -2.41. The van der Waals surface area contributed by atoms with Crippen LogP contribution in [-0.2, 0) is 19.1 Å². The molecule has 0 amide bonds. The smallest absolute Gasteiger partial charge is 0.355 e. The van der Waals surface area contributed by atoms with Crippen molar-refractivity contribution in [3.63, 3.8) is 0 Å². The predicted octanol–water partition coefficient (Wildman–Crippen LogP) is 3.74. The summed E-state index contributed by atoms with van der Waals surface area (Å²) < 4.78 is 10.1. The van der Waals surface area contributed by atoms with E-state index in [2.05, 4.69) is 6.07 Å². The Kier molecular flexibility index (Phi) is 6.67. The molecule has 0 spiro atoms. The van der Waals surface area contributed by atoms with Crippen molar-refractivity contribution < 1.29 is 29.0 Å². The van der Waals surface area contributed by atoms with E-state index in [1.807, 2.05) is 0 Å². The number of carboxylic acid groups (broad SMARTS) is 1. The van der Waals surface area contributed by atoms with Crippen molar-refractivity contribution in [1.82, 2.24) is 0 Å². The molecule has 9 nitrogen and oxygen atoms in total. The zero-order valence-electron chi connectivity index (χ0n) is 20.3. The molecule has 3 aromatic carbocycles. The Hall–Kier alpha value is -5.10. The third-order valence-corrected chi connectivity index (χ3v) is 6.34. The van der Waals surface area contributed by atoms with Crippen molar-refractivity contribution in [3.8, 4) is 6.07 Å². The van der Waals surface area contributed by atoms with Gasteiger partial charge in [-0.2, -0.15) is 5.26 Å². The Labute approximate surface area is 212 Å². The number of anilines is 1. The maximum absolute atomic E-state index is 13.4. The number of aromatic carboxylic acids is 1. The third kappa shape index (κ3) is 4.04. The van der Waals surface area contributed by atoms with Crippen molar-refractivity contribution in [3.05, 3.63) is 100 Å². The molecule has 0 aliphatic carbocycles. The number of carbonyl (C=O) groups is 3. The standard InChI is InChI=1S/C28H23N3O6/c1-15-19(26(32)33)13-17-11-7-8-12-18(17)23(15)31-24(28(35)37-3)22(27(34)36-2)21(20(14-29)25(31)30)16-9-5-4-6-10-16/h4-13,21H,30H2,1-3H3,(H,32,33). The van der Waals surface area contributed by atoms with Crippen LogP contribution in [0.3, 0.4) is 0 Å². The van der Waals surface area contributed by atoms with E-state index in [0.717, 1.165) is 14.2 Å². The number of hydrogen-bond acceptors (Lipinski definition) is 8. The number of rotatable bonds is 5. The van der Waals surface area contributed by atoms with Gasteiger partial charge in [-0.25, -0.2) is 14.4 Å². The minimum Gasteiger partial charge on any atom is -0.478 e. The lowest BCUT2D eigenvalue weighted by atomic mass is 9.80. The molecule has 1 aliphatic rings. The van der Waals surface area contributed by atoms with Crippen LogP contribution in [0, 0.1) is 18.3 Å². The number of carbonyl (C=O) groups excluding carboxylic acids is 2. The summed E-state index contributed by atoms with van der Waals surface area (Å²) in [5, 5.41) is 21.3. The van der Waals surface area contributed by atoms with Gasteiger partial charge >= 0.3 is 17.9 Å². The normalized spacial score (nSPS) is 15.4. The van der Waals surface area contributed by atoms with Gasteiger partial charge in [0.25, 0.3) is 0 Å². The summed E-state index contributed by atoms with van der Waals surface area (Å²) in [5.41, 5.74) is 7.17. The number of benzene rings is 3. The van der Waals surface area contributed by atoms with Crippen LogP contribution in [0.2, 0.25) is 0 Å². The molecule has 0 bridgehead atoms. The van der Waals surface area contributed by atoms with Crippen molar-refractivity contribution in [2.75, 3.05) is 19.1 Å². The van der Waals surface area contributed by atoms with Gasteiger partial charge in [0.1, 0.15) is 11.5 Å². The summed E-state index contributed by atoms with van der Waals surface area (Å²) in [7, 11) is 2.31. The summed E-state index contributed by atoms with van der Waals surface area (Å²) in [4.78, 5) is 40.0. The zero-order chi connectivity index (χ0) is 26.9. The number of nitriles is 1. The molecule has 9 heteroatoms. The SMILES string of the molecule is COC(=O)C1=C(C(=O)OC)N(c2c(C)c(C(=O)O)cc3ccccc23)C(N)=C(C#N)C1c1ccccc1. The number of nitrogens with zero attached hydrogens (tertiary/aromatic N) is 2. The van der Waals surface area contributed by atoms with E-state index in [1.54, 1.807) is 61.5 Å². The molecule has 0 radical (unpaired) electrons. The summed E-state index contributed by atoms with van der Waals surface area (Å²) in [5.74, 6) is -4.14. The van der Waals surface area contributed by atoms with Crippen LogP contribution in [0.4, 0.5) is 5.69 Å². The Morgan fingerprint density at radius 1 is 1.00 bits per heavy atom. The van der Waals surface area contributed by atoms with E-state index in [9.17, 15) is 24.8 Å². The van der Waals surface area contributed by atoms with Crippen molar-refractivity contribution >= 4 is 34.4 Å². The van der Waals surface area contributed by atoms with E-state index < -0.39 is 23.8 Å². The maximum Gasteiger partial charge on any atom is 0.355 e. The Bertz CT molecular complexity index is 1550. The summed E-state index contributed by atoms with van der Waals surface area (Å²) in [6.07, 6.45) is 0. The molecule has 0 saturated heterocycles. The molecule has 4 rings (SSSR count). The first-order valence-electron chi connectivity index (χ1n) is 11.2. The largest absolute Gasteiger partial charge is 0.478 e. The Morgan fingerprint density at radius 2 is 1.62 bits per heavy atom. The van der Waals surface area contributed by atoms with Crippen LogP contribution in [0.25, 0.3) is 10.8 Å². The van der Waals surface area contributed by atoms with E-state index in [0.29, 0.717) is 16.3 Å². The average molecular weight is 498 g/mol. The van der Waals surface area contributed by atoms with E-state index in [1.165, 1.54) is 11.0 Å². The highest BCUT2D eigenvalue weighted by atomic mass is 16.5. The van der Waals surface area contributed by atoms with Gasteiger partial charge in [-0.05, 0) is 29.5 Å². The molecule has 1 atom stereocenters. The summed E-state index contributed by atoms with van der Waals surface area (Å²) >= 11 is 0. The molecule has 37 heavy (non-hydrogen) atoms. The van der Waals surface area contributed by atoms with Gasteiger partial charge in [0.15, 0.2) is 0 Å². The monoisotopic (exact) mass is 497 g/mol. The molecule has 3 N–H and O–H groups in total. The fraction of sp³-hybridized carbons (Fsp3) is 0.143. The van der Waals surface area contributed by atoms with Gasteiger partial charge in [-0.15, -0.1) is 0 Å². The van der Waals surface area contributed by atoms with Crippen LogP contribution in [0.5, 0.6) is 0 Å². The minimum atomic E-state index is -1.19. The van der Waals surface area contributed by atoms with Gasteiger partial charge < -0.3 is 20.3 Å². The predicted molar refractivity (Wildman–Crippen MR) is 135 cm³/mol. The molecule has 1 aliphatic heterocycles. The van der Waals surface area contributed by atoms with Gasteiger partial charge in [0, 0.05) is 5.39 Å². The Morgan fingerprint density at radius 3 is 2.22 bits per heavy atom. The van der Waals surface area contributed by atoms with Gasteiger partial charge in [-0.3, -0.25) is 4.90 Å². The summed E-state index contributed by atoms with van der Waals surface area (Å²) in [6.45, 7) is 1.57.